The fraction of sp³-hybridized carbons (Fsp3) is 0.0769. The van der Waals surface area contributed by atoms with Gasteiger partial charge in [-0.1, -0.05) is 24.3 Å². The minimum atomic E-state index is -0.181. The van der Waals surface area contributed by atoms with Gasteiger partial charge in [0.05, 0.1) is 19.3 Å². The van der Waals surface area contributed by atoms with Gasteiger partial charge in [-0.05, 0) is 60.2 Å². The molecule has 0 spiro atoms. The van der Waals surface area contributed by atoms with Gasteiger partial charge in [0.25, 0.3) is 5.91 Å². The van der Waals surface area contributed by atoms with Crippen LogP contribution < -0.4 is 15.4 Å². The van der Waals surface area contributed by atoms with E-state index in [4.69, 9.17) is 4.74 Å². The maximum absolute atomic E-state index is 12.6. The van der Waals surface area contributed by atoms with E-state index in [1.165, 1.54) is 0 Å². The summed E-state index contributed by atoms with van der Waals surface area (Å²) >= 11 is 0. The van der Waals surface area contributed by atoms with Gasteiger partial charge in [0.15, 0.2) is 5.65 Å². The predicted molar refractivity (Wildman–Crippen MR) is 130 cm³/mol. The molecule has 168 valence electrons. The van der Waals surface area contributed by atoms with Crippen molar-refractivity contribution in [3.8, 4) is 16.9 Å². The number of carbonyl (C=O) groups is 1. The van der Waals surface area contributed by atoms with Crippen molar-refractivity contribution in [1.29, 1.82) is 0 Å². The first kappa shape index (κ1) is 21.1. The highest BCUT2D eigenvalue weighted by Gasteiger charge is 2.12. The maximum atomic E-state index is 12.6. The first-order valence-electron chi connectivity index (χ1n) is 10.7. The normalized spacial score (nSPS) is 10.7. The zero-order chi connectivity index (χ0) is 23.3. The largest absolute Gasteiger partial charge is 0.497 e. The van der Waals surface area contributed by atoms with Gasteiger partial charge in [0.2, 0.25) is 5.95 Å². The van der Waals surface area contributed by atoms with E-state index in [0.29, 0.717) is 23.7 Å². The van der Waals surface area contributed by atoms with Crippen molar-refractivity contribution in [2.75, 3.05) is 12.4 Å². The number of anilines is 2. The second kappa shape index (κ2) is 9.41. The predicted octanol–water partition coefficient (Wildman–Crippen LogP) is 4.47. The van der Waals surface area contributed by atoms with E-state index < -0.39 is 0 Å². The van der Waals surface area contributed by atoms with Crippen LogP contribution in [0.3, 0.4) is 0 Å². The summed E-state index contributed by atoms with van der Waals surface area (Å²) in [4.78, 5) is 21.5. The molecule has 34 heavy (non-hydrogen) atoms. The number of hydrogen-bond acceptors (Lipinski definition) is 6. The Morgan fingerprint density at radius 1 is 1.00 bits per heavy atom. The Labute approximate surface area is 196 Å². The number of benzene rings is 2. The van der Waals surface area contributed by atoms with Gasteiger partial charge in [0.1, 0.15) is 5.75 Å². The van der Waals surface area contributed by atoms with Crippen molar-refractivity contribution in [2.24, 2.45) is 0 Å². The van der Waals surface area contributed by atoms with Crippen LogP contribution in [-0.2, 0) is 6.54 Å². The van der Waals surface area contributed by atoms with Crippen LogP contribution in [0, 0.1) is 0 Å². The number of methoxy groups -OCH3 is 1. The Hall–Kier alpha value is -4.72. The second-order valence-corrected chi connectivity index (χ2v) is 7.56. The maximum Gasteiger partial charge on any atom is 0.251 e. The SMILES string of the molecule is COc1ccc(-c2cccn3nc(Nc4cccc(C(=O)NCc5ccccn5)c4)nc23)cc1. The van der Waals surface area contributed by atoms with Gasteiger partial charge in [-0.2, -0.15) is 4.98 Å². The molecule has 0 aliphatic heterocycles. The van der Waals surface area contributed by atoms with Gasteiger partial charge in [-0.15, -0.1) is 5.10 Å². The standard InChI is InChI=1S/C26H22N6O2/c1-34-22-12-10-18(11-13-22)23-9-5-15-32-24(23)30-26(31-32)29-20-8-4-6-19(16-20)25(33)28-17-21-7-2-3-14-27-21/h2-16H,17H2,1H3,(H,28,33)(H,29,31). The number of pyridine rings is 2. The molecule has 0 unspecified atom stereocenters. The first-order valence-corrected chi connectivity index (χ1v) is 10.7. The van der Waals surface area contributed by atoms with E-state index >= 15 is 0 Å². The number of nitrogens with one attached hydrogen (secondary N) is 2. The molecule has 0 bridgehead atoms. The number of hydrogen-bond donors (Lipinski definition) is 2. The van der Waals surface area contributed by atoms with Crippen LogP contribution in [-0.4, -0.2) is 32.6 Å². The monoisotopic (exact) mass is 450 g/mol. The zero-order valence-electron chi connectivity index (χ0n) is 18.5. The average molecular weight is 451 g/mol. The highest BCUT2D eigenvalue weighted by molar-refractivity contribution is 5.95. The van der Waals surface area contributed by atoms with Crippen LogP contribution in [0.2, 0.25) is 0 Å². The second-order valence-electron chi connectivity index (χ2n) is 7.56. The van der Waals surface area contributed by atoms with Crippen molar-refractivity contribution < 1.29 is 9.53 Å². The minimum absolute atomic E-state index is 0.181. The highest BCUT2D eigenvalue weighted by atomic mass is 16.5. The lowest BCUT2D eigenvalue weighted by Crippen LogP contribution is -2.23. The van der Waals surface area contributed by atoms with Crippen LogP contribution in [0.15, 0.2) is 91.3 Å². The first-order chi connectivity index (χ1) is 16.7. The summed E-state index contributed by atoms with van der Waals surface area (Å²) in [6, 6.07) is 24.6. The Bertz CT molecular complexity index is 1430. The Kier molecular flexibility index (Phi) is 5.85. The fourth-order valence-corrected chi connectivity index (χ4v) is 3.60. The molecule has 0 fully saturated rings. The molecule has 2 N–H and O–H groups in total. The topological polar surface area (TPSA) is 93.4 Å². The molecule has 8 heteroatoms. The number of rotatable bonds is 7. The molecule has 5 rings (SSSR count). The molecule has 2 aromatic carbocycles. The molecule has 0 aliphatic carbocycles. The Morgan fingerprint density at radius 3 is 2.68 bits per heavy atom. The van der Waals surface area contributed by atoms with E-state index in [-0.39, 0.29) is 5.91 Å². The molecule has 0 radical (unpaired) electrons. The molecule has 3 aromatic heterocycles. The lowest BCUT2D eigenvalue weighted by Gasteiger charge is -2.07. The van der Waals surface area contributed by atoms with Crippen LogP contribution >= 0.6 is 0 Å². The fourth-order valence-electron chi connectivity index (χ4n) is 3.60. The molecular weight excluding hydrogens is 428 g/mol. The van der Waals surface area contributed by atoms with E-state index in [2.05, 4.69) is 25.7 Å². The van der Waals surface area contributed by atoms with E-state index in [9.17, 15) is 4.79 Å². The molecule has 0 aliphatic rings. The van der Waals surface area contributed by atoms with E-state index in [1.54, 1.807) is 30.0 Å². The highest BCUT2D eigenvalue weighted by Crippen LogP contribution is 2.26. The molecule has 5 aromatic rings. The summed E-state index contributed by atoms with van der Waals surface area (Å²) in [6.07, 6.45) is 3.55. The Morgan fingerprint density at radius 2 is 1.88 bits per heavy atom. The van der Waals surface area contributed by atoms with Crippen LogP contribution in [0.4, 0.5) is 11.6 Å². The third kappa shape index (κ3) is 4.56. The summed E-state index contributed by atoms with van der Waals surface area (Å²) in [6.45, 7) is 0.361. The number of amides is 1. The van der Waals surface area contributed by atoms with Crippen LogP contribution in [0.25, 0.3) is 16.8 Å². The van der Waals surface area contributed by atoms with Crippen molar-refractivity contribution in [3.63, 3.8) is 0 Å². The van der Waals surface area contributed by atoms with Crippen molar-refractivity contribution in [2.45, 2.75) is 6.54 Å². The lowest BCUT2D eigenvalue weighted by molar-refractivity contribution is 0.0950. The number of ether oxygens (including phenoxy) is 1. The number of aromatic nitrogens is 4. The van der Waals surface area contributed by atoms with E-state index in [1.807, 2.05) is 72.9 Å². The van der Waals surface area contributed by atoms with Gasteiger partial charge < -0.3 is 15.4 Å². The van der Waals surface area contributed by atoms with Crippen molar-refractivity contribution >= 4 is 23.2 Å². The summed E-state index contributed by atoms with van der Waals surface area (Å²) in [7, 11) is 1.64. The summed E-state index contributed by atoms with van der Waals surface area (Å²) in [5, 5.41) is 10.6. The Balaban J connectivity index is 1.34. The lowest BCUT2D eigenvalue weighted by atomic mass is 10.1. The summed E-state index contributed by atoms with van der Waals surface area (Å²) in [5.41, 5.74) is 4.73. The number of nitrogens with zero attached hydrogens (tertiary/aromatic N) is 4. The number of carbonyl (C=O) groups excluding carboxylic acids is 1. The third-order valence-corrected chi connectivity index (χ3v) is 5.30. The van der Waals surface area contributed by atoms with Gasteiger partial charge in [0, 0.05) is 29.2 Å². The quantitative estimate of drug-likeness (QED) is 0.380. The van der Waals surface area contributed by atoms with Crippen molar-refractivity contribution in [1.82, 2.24) is 24.9 Å². The summed E-state index contributed by atoms with van der Waals surface area (Å²) in [5.74, 6) is 1.05. The molecule has 8 nitrogen and oxygen atoms in total. The molecular formula is C26H22N6O2. The van der Waals surface area contributed by atoms with E-state index in [0.717, 1.165) is 28.2 Å². The zero-order valence-corrected chi connectivity index (χ0v) is 18.5. The molecule has 0 atom stereocenters. The van der Waals surface area contributed by atoms with Gasteiger partial charge >= 0.3 is 0 Å². The average Bonchev–Trinajstić information content (AvgIpc) is 3.30. The molecule has 1 amide bonds. The molecule has 0 saturated heterocycles. The third-order valence-electron chi connectivity index (χ3n) is 5.30. The molecule has 3 heterocycles. The van der Waals surface area contributed by atoms with Crippen molar-refractivity contribution in [3.05, 3.63) is 103 Å². The van der Waals surface area contributed by atoms with Crippen LogP contribution in [0.5, 0.6) is 5.75 Å². The van der Waals surface area contributed by atoms with Crippen LogP contribution in [0.1, 0.15) is 16.1 Å². The number of fused-ring (bicyclic) bond motifs is 1. The van der Waals surface area contributed by atoms with Gasteiger partial charge in [-0.25, -0.2) is 4.52 Å². The van der Waals surface area contributed by atoms with Gasteiger partial charge in [-0.3, -0.25) is 9.78 Å². The minimum Gasteiger partial charge on any atom is -0.497 e. The molecule has 0 saturated carbocycles. The smallest absolute Gasteiger partial charge is 0.251 e. The summed E-state index contributed by atoms with van der Waals surface area (Å²) < 4.78 is 6.98.